The van der Waals surface area contributed by atoms with E-state index in [4.69, 9.17) is 9.47 Å². The van der Waals surface area contributed by atoms with Crippen molar-refractivity contribution in [3.63, 3.8) is 0 Å². The quantitative estimate of drug-likeness (QED) is 0.766. The minimum absolute atomic E-state index is 0.0335. The normalized spacial score (nSPS) is 16.9. The second kappa shape index (κ2) is 7.50. The summed E-state index contributed by atoms with van der Waals surface area (Å²) in [5.41, 5.74) is 2.87. The molecule has 0 N–H and O–H groups in total. The van der Waals surface area contributed by atoms with Crippen molar-refractivity contribution in [1.29, 1.82) is 0 Å². The summed E-state index contributed by atoms with van der Waals surface area (Å²) in [6, 6.07) is 3.85. The van der Waals surface area contributed by atoms with Gasteiger partial charge in [-0.15, -0.1) is 5.10 Å². The lowest BCUT2D eigenvalue weighted by molar-refractivity contribution is -0.136. The molecule has 0 fully saturated rings. The summed E-state index contributed by atoms with van der Waals surface area (Å²) in [5.74, 6) is -0.0164. The monoisotopic (exact) mass is 331 g/mol. The lowest BCUT2D eigenvalue weighted by atomic mass is 9.99. The van der Waals surface area contributed by atoms with E-state index in [1.165, 1.54) is 7.11 Å². The molecule has 2 aromatic heterocycles. The standard InChI is InChI=1S/C16H21N5O3/c1-20-16-13(10-24-9-12-4-3-5-17-6-12)7-21(15(22)11-23-2)8-14(16)18-19-20/h3-6,13H,7-11H2,1-2H3/t13-/m0/s1. The van der Waals surface area contributed by atoms with Crippen molar-refractivity contribution in [2.24, 2.45) is 7.05 Å². The minimum Gasteiger partial charge on any atom is -0.376 e. The van der Waals surface area contributed by atoms with Crippen LogP contribution in [0.4, 0.5) is 0 Å². The van der Waals surface area contributed by atoms with Crippen molar-refractivity contribution in [2.75, 3.05) is 26.9 Å². The van der Waals surface area contributed by atoms with E-state index < -0.39 is 0 Å². The minimum atomic E-state index is -0.0499. The Kier molecular flexibility index (Phi) is 5.17. The molecule has 0 radical (unpaired) electrons. The van der Waals surface area contributed by atoms with Crippen LogP contribution < -0.4 is 0 Å². The van der Waals surface area contributed by atoms with E-state index in [2.05, 4.69) is 15.3 Å². The van der Waals surface area contributed by atoms with Gasteiger partial charge in [-0.3, -0.25) is 14.5 Å². The molecule has 3 rings (SSSR count). The molecule has 8 heteroatoms. The van der Waals surface area contributed by atoms with E-state index in [-0.39, 0.29) is 18.4 Å². The number of ether oxygens (including phenoxy) is 2. The first-order chi connectivity index (χ1) is 11.7. The van der Waals surface area contributed by atoms with Crippen LogP contribution in [0.2, 0.25) is 0 Å². The van der Waals surface area contributed by atoms with E-state index in [0.717, 1.165) is 17.0 Å². The number of fused-ring (bicyclic) bond motifs is 1. The zero-order valence-electron chi connectivity index (χ0n) is 13.9. The summed E-state index contributed by atoms with van der Waals surface area (Å²) in [5, 5.41) is 8.26. The summed E-state index contributed by atoms with van der Waals surface area (Å²) >= 11 is 0. The van der Waals surface area contributed by atoms with Gasteiger partial charge in [0, 0.05) is 39.0 Å². The first-order valence-corrected chi connectivity index (χ1v) is 7.81. The molecule has 0 aromatic carbocycles. The fraction of sp³-hybridized carbons (Fsp3) is 0.500. The molecule has 128 valence electrons. The lowest BCUT2D eigenvalue weighted by Crippen LogP contribution is -2.41. The van der Waals surface area contributed by atoms with Crippen LogP contribution in [-0.2, 0) is 34.5 Å². The average Bonchev–Trinajstić information content (AvgIpc) is 2.97. The van der Waals surface area contributed by atoms with Gasteiger partial charge in [0.15, 0.2) is 0 Å². The average molecular weight is 331 g/mol. The molecule has 0 bridgehead atoms. The highest BCUT2D eigenvalue weighted by atomic mass is 16.5. The number of methoxy groups -OCH3 is 1. The van der Waals surface area contributed by atoms with Crippen LogP contribution in [0.1, 0.15) is 22.9 Å². The molecule has 0 unspecified atom stereocenters. The predicted octanol–water partition coefficient (Wildman–Crippen LogP) is 0.499. The summed E-state index contributed by atoms with van der Waals surface area (Å²) in [4.78, 5) is 18.0. The van der Waals surface area contributed by atoms with Gasteiger partial charge in [-0.2, -0.15) is 0 Å². The van der Waals surface area contributed by atoms with Gasteiger partial charge < -0.3 is 14.4 Å². The molecule has 1 atom stereocenters. The molecular weight excluding hydrogens is 310 g/mol. The maximum absolute atomic E-state index is 12.2. The molecule has 24 heavy (non-hydrogen) atoms. The molecule has 1 amide bonds. The summed E-state index contributed by atoms with van der Waals surface area (Å²) in [6.45, 7) is 2.07. The van der Waals surface area contributed by atoms with Crippen molar-refractivity contribution in [2.45, 2.75) is 19.1 Å². The summed E-state index contributed by atoms with van der Waals surface area (Å²) in [6.07, 6.45) is 3.52. The number of pyridine rings is 1. The fourth-order valence-corrected chi connectivity index (χ4v) is 2.96. The van der Waals surface area contributed by atoms with Crippen LogP contribution in [-0.4, -0.2) is 57.7 Å². The van der Waals surface area contributed by atoms with Crippen LogP contribution in [0, 0.1) is 0 Å². The Hall–Kier alpha value is -2.32. The van der Waals surface area contributed by atoms with E-state index in [0.29, 0.717) is 26.3 Å². The lowest BCUT2D eigenvalue weighted by Gasteiger charge is -2.32. The maximum atomic E-state index is 12.2. The Labute approximate surface area is 140 Å². The SMILES string of the molecule is COCC(=O)N1Cc2nnn(C)c2[C@H](COCc2cccnc2)C1. The van der Waals surface area contributed by atoms with Gasteiger partial charge in [0.05, 0.1) is 25.5 Å². The third-order valence-electron chi connectivity index (χ3n) is 4.04. The number of nitrogens with zero attached hydrogens (tertiary/aromatic N) is 5. The Balaban J connectivity index is 1.68. The highest BCUT2D eigenvalue weighted by Crippen LogP contribution is 2.27. The zero-order valence-corrected chi connectivity index (χ0v) is 13.9. The molecule has 0 saturated heterocycles. The number of amides is 1. The van der Waals surface area contributed by atoms with Crippen LogP contribution in [0.15, 0.2) is 24.5 Å². The highest BCUT2D eigenvalue weighted by Gasteiger charge is 2.32. The van der Waals surface area contributed by atoms with Gasteiger partial charge in [-0.25, -0.2) is 0 Å². The Morgan fingerprint density at radius 3 is 3.08 bits per heavy atom. The van der Waals surface area contributed by atoms with Gasteiger partial charge in [0.2, 0.25) is 5.91 Å². The van der Waals surface area contributed by atoms with Gasteiger partial charge in [-0.1, -0.05) is 11.3 Å². The van der Waals surface area contributed by atoms with Crippen molar-refractivity contribution in [1.82, 2.24) is 24.9 Å². The summed E-state index contributed by atoms with van der Waals surface area (Å²) < 4.78 is 12.6. The summed E-state index contributed by atoms with van der Waals surface area (Å²) in [7, 11) is 3.39. The Morgan fingerprint density at radius 2 is 2.33 bits per heavy atom. The zero-order chi connectivity index (χ0) is 16.9. The molecule has 1 aliphatic heterocycles. The second-order valence-corrected chi connectivity index (χ2v) is 5.83. The molecule has 0 aliphatic carbocycles. The number of carbonyl (C=O) groups excluding carboxylic acids is 1. The third-order valence-corrected chi connectivity index (χ3v) is 4.04. The van der Waals surface area contributed by atoms with Crippen LogP contribution in [0.3, 0.4) is 0 Å². The van der Waals surface area contributed by atoms with Crippen LogP contribution >= 0.6 is 0 Å². The number of hydrogen-bond acceptors (Lipinski definition) is 6. The number of carbonyl (C=O) groups is 1. The van der Waals surface area contributed by atoms with Gasteiger partial charge in [-0.05, 0) is 11.6 Å². The number of aromatic nitrogens is 4. The Morgan fingerprint density at radius 1 is 1.46 bits per heavy atom. The topological polar surface area (TPSA) is 82.4 Å². The molecule has 8 nitrogen and oxygen atoms in total. The first-order valence-electron chi connectivity index (χ1n) is 7.81. The molecule has 3 heterocycles. The predicted molar refractivity (Wildman–Crippen MR) is 84.9 cm³/mol. The number of rotatable bonds is 6. The molecule has 1 aliphatic rings. The first kappa shape index (κ1) is 16.5. The molecule has 0 spiro atoms. The van der Waals surface area contributed by atoms with Crippen molar-refractivity contribution < 1.29 is 14.3 Å². The maximum Gasteiger partial charge on any atom is 0.248 e. The van der Waals surface area contributed by atoms with Crippen molar-refractivity contribution in [3.8, 4) is 0 Å². The second-order valence-electron chi connectivity index (χ2n) is 5.83. The van der Waals surface area contributed by atoms with Gasteiger partial charge in [0.1, 0.15) is 12.3 Å². The number of hydrogen-bond donors (Lipinski definition) is 0. The van der Waals surface area contributed by atoms with E-state index in [9.17, 15) is 4.79 Å². The third kappa shape index (κ3) is 3.60. The highest BCUT2D eigenvalue weighted by molar-refractivity contribution is 5.77. The van der Waals surface area contributed by atoms with Gasteiger partial charge in [0.25, 0.3) is 0 Å². The van der Waals surface area contributed by atoms with Crippen molar-refractivity contribution >= 4 is 5.91 Å². The van der Waals surface area contributed by atoms with E-state index in [1.807, 2.05) is 19.2 Å². The number of aryl methyl sites for hydroxylation is 1. The van der Waals surface area contributed by atoms with E-state index >= 15 is 0 Å². The van der Waals surface area contributed by atoms with E-state index in [1.54, 1.807) is 22.0 Å². The van der Waals surface area contributed by atoms with Crippen molar-refractivity contribution in [3.05, 3.63) is 41.5 Å². The molecule has 0 saturated carbocycles. The van der Waals surface area contributed by atoms with Gasteiger partial charge >= 0.3 is 0 Å². The van der Waals surface area contributed by atoms with Crippen LogP contribution in [0.5, 0.6) is 0 Å². The smallest absolute Gasteiger partial charge is 0.248 e. The molecule has 2 aromatic rings. The fourth-order valence-electron chi connectivity index (χ4n) is 2.96. The van der Waals surface area contributed by atoms with Crippen LogP contribution in [0.25, 0.3) is 0 Å². The Bertz CT molecular complexity index is 688. The molecular formula is C16H21N5O3. The largest absolute Gasteiger partial charge is 0.376 e.